The average molecular weight is 277 g/mol. The number of nitrogens with one attached hydrogen (secondary N) is 1. The van der Waals surface area contributed by atoms with E-state index < -0.39 is 5.91 Å². The third kappa shape index (κ3) is 3.71. The van der Waals surface area contributed by atoms with E-state index in [1.165, 1.54) is 6.08 Å². The maximum atomic E-state index is 10.9. The van der Waals surface area contributed by atoms with E-state index in [2.05, 4.69) is 0 Å². The molecule has 1 aromatic carbocycles. The first-order valence-electron chi connectivity index (χ1n) is 5.71. The van der Waals surface area contributed by atoms with Crippen LogP contribution in [0.1, 0.15) is 11.3 Å². The highest BCUT2D eigenvalue weighted by molar-refractivity contribution is 6.30. The Morgan fingerprint density at radius 2 is 2.05 bits per heavy atom. The third-order valence-electron chi connectivity index (χ3n) is 2.65. The highest BCUT2D eigenvalue weighted by atomic mass is 35.5. The number of hydrogen-bond acceptors (Lipinski definition) is 2. The van der Waals surface area contributed by atoms with Gasteiger partial charge in [0.15, 0.2) is 0 Å². The van der Waals surface area contributed by atoms with Crippen LogP contribution in [0.4, 0.5) is 0 Å². The van der Waals surface area contributed by atoms with Crippen LogP contribution in [0, 0.1) is 0 Å². The predicted molar refractivity (Wildman–Crippen MR) is 73.9 cm³/mol. The highest BCUT2D eigenvalue weighted by Crippen LogP contribution is 2.13. The molecule has 0 spiro atoms. The minimum absolute atomic E-state index is 0.556. The van der Waals surface area contributed by atoms with Gasteiger partial charge in [-0.05, 0) is 35.9 Å². The number of benzene rings is 1. The molecule has 4 nitrogen and oxygen atoms in total. The Balaban J connectivity index is 2.13. The summed E-state index contributed by atoms with van der Waals surface area (Å²) in [6.45, 7) is 0.685. The van der Waals surface area contributed by atoms with Gasteiger partial charge in [0, 0.05) is 29.5 Å². The van der Waals surface area contributed by atoms with Crippen molar-refractivity contribution in [2.45, 2.75) is 6.54 Å². The molecule has 2 N–H and O–H groups in total. The summed E-state index contributed by atoms with van der Waals surface area (Å²) in [6, 6.07) is 11.4. The van der Waals surface area contributed by atoms with Crippen molar-refractivity contribution in [3.05, 3.63) is 65.0 Å². The lowest BCUT2D eigenvalue weighted by molar-refractivity contribution is -0.124. The smallest absolute Gasteiger partial charge is 0.267 e. The minimum atomic E-state index is -0.556. The highest BCUT2D eigenvalue weighted by Gasteiger charge is 2.00. The molecule has 0 saturated heterocycles. The monoisotopic (exact) mass is 276 g/mol. The lowest BCUT2D eigenvalue weighted by Gasteiger charge is -2.06. The van der Waals surface area contributed by atoms with Gasteiger partial charge in [0.05, 0.1) is 0 Å². The van der Waals surface area contributed by atoms with Crippen LogP contribution >= 0.6 is 11.6 Å². The average Bonchev–Trinajstić information content (AvgIpc) is 2.86. The zero-order valence-electron chi connectivity index (χ0n) is 10.1. The fourth-order valence-corrected chi connectivity index (χ4v) is 1.83. The quantitative estimate of drug-likeness (QED) is 0.512. The van der Waals surface area contributed by atoms with Crippen LogP contribution in [0.15, 0.2) is 48.7 Å². The lowest BCUT2D eigenvalue weighted by atomic mass is 10.2. The molecule has 0 atom stereocenters. The molecule has 98 valence electrons. The summed E-state index contributed by atoms with van der Waals surface area (Å²) in [5.41, 5.74) is 3.54. The molecule has 2 rings (SSSR count). The number of rotatable bonds is 4. The number of nitrogens with zero attached hydrogens (tertiary/aromatic N) is 1. The van der Waals surface area contributed by atoms with E-state index >= 15 is 0 Å². The SMILES string of the molecule is O=C(/C=C/c1cccn1Cc1ccc(Cl)cc1)NO. The van der Waals surface area contributed by atoms with Gasteiger partial charge in [-0.2, -0.15) is 0 Å². The molecule has 5 heteroatoms. The van der Waals surface area contributed by atoms with Gasteiger partial charge >= 0.3 is 0 Å². The zero-order valence-corrected chi connectivity index (χ0v) is 10.8. The molecule has 0 aliphatic carbocycles. The van der Waals surface area contributed by atoms with Gasteiger partial charge in [0.1, 0.15) is 0 Å². The van der Waals surface area contributed by atoms with Crippen molar-refractivity contribution in [2.75, 3.05) is 0 Å². The summed E-state index contributed by atoms with van der Waals surface area (Å²) in [6.07, 6.45) is 4.83. The molecule has 0 aliphatic rings. The van der Waals surface area contributed by atoms with Crippen LogP contribution < -0.4 is 5.48 Å². The molecular weight excluding hydrogens is 264 g/mol. The van der Waals surface area contributed by atoms with Crippen molar-refractivity contribution >= 4 is 23.6 Å². The molecule has 1 heterocycles. The maximum Gasteiger partial charge on any atom is 0.267 e. The molecule has 1 amide bonds. The first-order valence-corrected chi connectivity index (χ1v) is 6.08. The number of carbonyl (C=O) groups excluding carboxylic acids is 1. The van der Waals surface area contributed by atoms with Gasteiger partial charge in [-0.25, -0.2) is 5.48 Å². The van der Waals surface area contributed by atoms with Gasteiger partial charge in [0.25, 0.3) is 5.91 Å². The number of carbonyl (C=O) groups is 1. The van der Waals surface area contributed by atoms with E-state index in [0.717, 1.165) is 11.3 Å². The fourth-order valence-electron chi connectivity index (χ4n) is 1.71. The summed E-state index contributed by atoms with van der Waals surface area (Å²) in [5.74, 6) is -0.556. The van der Waals surface area contributed by atoms with Gasteiger partial charge in [-0.3, -0.25) is 10.0 Å². The van der Waals surface area contributed by atoms with Gasteiger partial charge in [0.2, 0.25) is 0 Å². The van der Waals surface area contributed by atoms with Gasteiger partial charge in [-0.15, -0.1) is 0 Å². The van der Waals surface area contributed by atoms with Crippen molar-refractivity contribution in [3.63, 3.8) is 0 Å². The van der Waals surface area contributed by atoms with Crippen molar-refractivity contribution in [1.29, 1.82) is 0 Å². The number of hydrogen-bond donors (Lipinski definition) is 2. The summed E-state index contributed by atoms with van der Waals surface area (Å²) in [4.78, 5) is 10.9. The van der Waals surface area contributed by atoms with Crippen molar-refractivity contribution in [3.8, 4) is 0 Å². The van der Waals surface area contributed by atoms with Gasteiger partial charge < -0.3 is 4.57 Å². The molecule has 0 bridgehead atoms. The zero-order chi connectivity index (χ0) is 13.7. The Morgan fingerprint density at radius 1 is 1.32 bits per heavy atom. The molecule has 0 aliphatic heterocycles. The largest absolute Gasteiger partial charge is 0.344 e. The first kappa shape index (κ1) is 13.4. The number of amides is 1. The van der Waals surface area contributed by atoms with Crippen LogP contribution in [0.5, 0.6) is 0 Å². The van der Waals surface area contributed by atoms with E-state index in [0.29, 0.717) is 11.6 Å². The molecule has 0 fully saturated rings. The summed E-state index contributed by atoms with van der Waals surface area (Å²) in [5, 5.41) is 9.13. The van der Waals surface area contributed by atoms with Crippen LogP contribution in [0.2, 0.25) is 5.02 Å². The Labute approximate surface area is 115 Å². The first-order chi connectivity index (χ1) is 9.19. The molecular formula is C14H13ClN2O2. The van der Waals surface area contributed by atoms with Crippen LogP contribution in [-0.4, -0.2) is 15.7 Å². The van der Waals surface area contributed by atoms with Crippen LogP contribution in [-0.2, 0) is 11.3 Å². The Morgan fingerprint density at radius 3 is 2.74 bits per heavy atom. The second-order valence-corrected chi connectivity index (χ2v) is 4.43. The molecule has 0 radical (unpaired) electrons. The predicted octanol–water partition coefficient (Wildman–Crippen LogP) is 2.71. The maximum absolute atomic E-state index is 10.9. The van der Waals surface area contributed by atoms with E-state index in [-0.39, 0.29) is 0 Å². The van der Waals surface area contributed by atoms with E-state index in [4.69, 9.17) is 16.8 Å². The second kappa shape index (κ2) is 6.22. The number of aromatic nitrogens is 1. The Hall–Kier alpha value is -2.04. The molecule has 0 saturated carbocycles. The van der Waals surface area contributed by atoms with Crippen molar-refractivity contribution < 1.29 is 10.0 Å². The van der Waals surface area contributed by atoms with Crippen molar-refractivity contribution in [1.82, 2.24) is 10.0 Å². The molecule has 2 aromatic rings. The minimum Gasteiger partial charge on any atom is -0.344 e. The number of halogens is 1. The summed E-state index contributed by atoms with van der Waals surface area (Å²) < 4.78 is 1.99. The molecule has 19 heavy (non-hydrogen) atoms. The fraction of sp³-hybridized carbons (Fsp3) is 0.0714. The number of hydroxylamine groups is 1. The molecule has 0 unspecified atom stereocenters. The van der Waals surface area contributed by atoms with Crippen LogP contribution in [0.3, 0.4) is 0 Å². The Kier molecular flexibility index (Phi) is 4.39. The van der Waals surface area contributed by atoms with Gasteiger partial charge in [-0.1, -0.05) is 23.7 Å². The van der Waals surface area contributed by atoms with Crippen LogP contribution in [0.25, 0.3) is 6.08 Å². The van der Waals surface area contributed by atoms with E-state index in [9.17, 15) is 4.79 Å². The lowest BCUT2D eigenvalue weighted by Crippen LogP contribution is -2.15. The second-order valence-electron chi connectivity index (χ2n) is 4.00. The topological polar surface area (TPSA) is 54.3 Å². The third-order valence-corrected chi connectivity index (χ3v) is 2.90. The van der Waals surface area contributed by atoms with E-state index in [1.807, 2.05) is 47.2 Å². The van der Waals surface area contributed by atoms with Crippen molar-refractivity contribution in [2.24, 2.45) is 0 Å². The molecule has 1 aromatic heterocycles. The standard InChI is InChI=1S/C14H13ClN2O2/c15-12-5-3-11(4-6-12)10-17-9-1-2-13(17)7-8-14(18)16-19/h1-9,19H,10H2,(H,16,18)/b8-7+. The summed E-state index contributed by atoms with van der Waals surface area (Å²) >= 11 is 5.84. The summed E-state index contributed by atoms with van der Waals surface area (Å²) in [7, 11) is 0. The Bertz CT molecular complexity index is 588. The normalized spacial score (nSPS) is 10.8. The van der Waals surface area contributed by atoms with E-state index in [1.54, 1.807) is 11.6 Å².